The third kappa shape index (κ3) is 3.81. The molecule has 0 spiro atoms. The van der Waals surface area contributed by atoms with Crippen LogP contribution in [0.2, 0.25) is 0 Å². The Hall–Kier alpha value is -2.42. The van der Waals surface area contributed by atoms with Crippen molar-refractivity contribution in [1.82, 2.24) is 0 Å². The van der Waals surface area contributed by atoms with Gasteiger partial charge in [-0.2, -0.15) is 0 Å². The lowest BCUT2D eigenvalue weighted by molar-refractivity contribution is 0.865. The highest BCUT2D eigenvalue weighted by Gasteiger charge is 2.44. The number of unbranched alkanes of at least 4 members (excludes halogenated alkanes) is 1. The lowest BCUT2D eigenvalue weighted by Crippen LogP contribution is -2.33. The molecule has 1 nitrogen and oxygen atoms in total. The summed E-state index contributed by atoms with van der Waals surface area (Å²) in [4.78, 5) is 3.54. The highest BCUT2D eigenvalue weighted by molar-refractivity contribution is 7.95. The molecular formula is C23H23NP+. The molecular weight excluding hydrogens is 321 g/mol. The fraction of sp³-hybridized carbons (Fsp3) is 0.174. The quantitative estimate of drug-likeness (QED) is 0.333. The Labute approximate surface area is 151 Å². The standard InChI is InChI=1S/C23H23NP/c1-24-19-11-12-20-25(21-13-5-2-6-14-21,22-15-7-3-8-16-22)23-17-9-4-10-18-23/h2-10,13-18H,11-12,19-20H2/q+1. The maximum absolute atomic E-state index is 7.06. The van der Waals surface area contributed by atoms with Gasteiger partial charge >= 0.3 is 0 Å². The van der Waals surface area contributed by atoms with E-state index < -0.39 is 7.26 Å². The molecule has 2 heteroatoms. The van der Waals surface area contributed by atoms with Crippen molar-refractivity contribution in [2.75, 3.05) is 12.7 Å². The fourth-order valence-corrected chi connectivity index (χ4v) is 7.83. The summed E-state index contributed by atoms with van der Waals surface area (Å²) in [6.45, 7) is 7.69. The van der Waals surface area contributed by atoms with Gasteiger partial charge < -0.3 is 4.85 Å². The van der Waals surface area contributed by atoms with E-state index in [2.05, 4.69) is 95.8 Å². The largest absolute Gasteiger partial charge is 0.317 e. The number of rotatable bonds is 7. The molecule has 25 heavy (non-hydrogen) atoms. The Kier molecular flexibility index (Phi) is 5.99. The van der Waals surface area contributed by atoms with Crippen molar-refractivity contribution in [3.63, 3.8) is 0 Å². The van der Waals surface area contributed by atoms with E-state index in [9.17, 15) is 0 Å². The van der Waals surface area contributed by atoms with Crippen LogP contribution in [0.5, 0.6) is 0 Å². The smallest absolute Gasteiger partial charge is 0.214 e. The zero-order valence-corrected chi connectivity index (χ0v) is 15.3. The molecule has 3 rings (SSSR count). The molecule has 0 radical (unpaired) electrons. The van der Waals surface area contributed by atoms with E-state index in [0.29, 0.717) is 6.54 Å². The molecule has 0 aliphatic rings. The Bertz CT molecular complexity index is 710. The van der Waals surface area contributed by atoms with Crippen molar-refractivity contribution in [3.8, 4) is 0 Å². The molecule has 3 aromatic carbocycles. The van der Waals surface area contributed by atoms with Crippen LogP contribution in [0.3, 0.4) is 0 Å². The minimum Gasteiger partial charge on any atom is -0.317 e. The molecule has 0 aliphatic heterocycles. The minimum absolute atomic E-state index is 0.623. The van der Waals surface area contributed by atoms with Gasteiger partial charge in [0.2, 0.25) is 6.54 Å². The molecule has 0 aromatic heterocycles. The molecule has 0 heterocycles. The maximum atomic E-state index is 7.06. The van der Waals surface area contributed by atoms with E-state index in [0.717, 1.165) is 19.0 Å². The molecule has 0 N–H and O–H groups in total. The summed E-state index contributed by atoms with van der Waals surface area (Å²) in [5, 5.41) is 4.28. The van der Waals surface area contributed by atoms with E-state index in [1.807, 2.05) is 0 Å². The van der Waals surface area contributed by atoms with Crippen LogP contribution < -0.4 is 15.9 Å². The van der Waals surface area contributed by atoms with Gasteiger partial charge in [0.1, 0.15) is 23.2 Å². The minimum atomic E-state index is -1.70. The molecule has 0 atom stereocenters. The SMILES string of the molecule is [C-]#[N+]CCCC[P+](c1ccccc1)(c1ccccc1)c1ccccc1. The zero-order chi connectivity index (χ0) is 17.4. The van der Waals surface area contributed by atoms with Crippen molar-refractivity contribution < 1.29 is 0 Å². The van der Waals surface area contributed by atoms with Gasteiger partial charge in [0.25, 0.3) is 0 Å². The summed E-state index contributed by atoms with van der Waals surface area (Å²) in [7, 11) is -1.70. The van der Waals surface area contributed by atoms with E-state index in [4.69, 9.17) is 6.57 Å². The van der Waals surface area contributed by atoms with Crippen LogP contribution >= 0.6 is 7.26 Å². The first-order valence-corrected chi connectivity index (χ1v) is 10.7. The molecule has 0 amide bonds. The number of nitrogens with zero attached hydrogens (tertiary/aromatic N) is 1. The lowest BCUT2D eigenvalue weighted by Gasteiger charge is -2.27. The monoisotopic (exact) mass is 344 g/mol. The second kappa shape index (κ2) is 8.61. The Morgan fingerprint density at radius 3 is 1.36 bits per heavy atom. The topological polar surface area (TPSA) is 4.36 Å². The van der Waals surface area contributed by atoms with Crippen LogP contribution in [0.15, 0.2) is 91.0 Å². The summed E-state index contributed by atoms with van der Waals surface area (Å²) in [6, 6.07) is 32.8. The third-order valence-electron chi connectivity index (χ3n) is 4.60. The average Bonchev–Trinajstić information content (AvgIpc) is 2.70. The van der Waals surface area contributed by atoms with E-state index >= 15 is 0 Å². The van der Waals surface area contributed by atoms with Crippen LogP contribution in [-0.2, 0) is 0 Å². The maximum Gasteiger partial charge on any atom is 0.214 e. The van der Waals surface area contributed by atoms with Gasteiger partial charge in [-0.3, -0.25) is 0 Å². The zero-order valence-electron chi connectivity index (χ0n) is 14.4. The van der Waals surface area contributed by atoms with Crippen molar-refractivity contribution in [1.29, 1.82) is 0 Å². The van der Waals surface area contributed by atoms with Gasteiger partial charge in [-0.1, -0.05) is 54.6 Å². The fourth-order valence-electron chi connectivity index (χ4n) is 3.42. The van der Waals surface area contributed by atoms with Gasteiger partial charge in [-0.25, -0.2) is 6.57 Å². The van der Waals surface area contributed by atoms with Crippen LogP contribution in [-0.4, -0.2) is 12.7 Å². The highest BCUT2D eigenvalue weighted by Crippen LogP contribution is 2.55. The van der Waals surface area contributed by atoms with Gasteiger partial charge in [0.15, 0.2) is 0 Å². The number of benzene rings is 3. The van der Waals surface area contributed by atoms with Crippen molar-refractivity contribution in [2.45, 2.75) is 12.8 Å². The van der Waals surface area contributed by atoms with Crippen LogP contribution in [0.25, 0.3) is 4.85 Å². The van der Waals surface area contributed by atoms with Crippen molar-refractivity contribution in [2.24, 2.45) is 0 Å². The summed E-state index contributed by atoms with van der Waals surface area (Å²) < 4.78 is 0. The number of hydrogen-bond donors (Lipinski definition) is 0. The summed E-state index contributed by atoms with van der Waals surface area (Å²) in [5.74, 6) is 0. The predicted octanol–water partition coefficient (Wildman–Crippen LogP) is 4.68. The Morgan fingerprint density at radius 1 is 0.600 bits per heavy atom. The molecule has 0 saturated carbocycles. The summed E-state index contributed by atoms with van der Waals surface area (Å²) in [5.41, 5.74) is 0. The van der Waals surface area contributed by atoms with Gasteiger partial charge in [0.05, 0.1) is 6.16 Å². The Balaban J connectivity index is 2.15. The number of hydrogen-bond acceptors (Lipinski definition) is 0. The third-order valence-corrected chi connectivity index (χ3v) is 9.13. The lowest BCUT2D eigenvalue weighted by atomic mass is 10.3. The van der Waals surface area contributed by atoms with Gasteiger partial charge in [0, 0.05) is 6.42 Å². The van der Waals surface area contributed by atoms with Crippen LogP contribution in [0, 0.1) is 6.57 Å². The van der Waals surface area contributed by atoms with Gasteiger partial charge in [-0.05, 0) is 42.8 Å². The first-order chi connectivity index (χ1) is 12.4. The van der Waals surface area contributed by atoms with Crippen molar-refractivity contribution >= 4 is 23.2 Å². The molecule has 0 fully saturated rings. The van der Waals surface area contributed by atoms with Crippen LogP contribution in [0.1, 0.15) is 12.8 Å². The van der Waals surface area contributed by atoms with E-state index in [-0.39, 0.29) is 0 Å². The van der Waals surface area contributed by atoms with E-state index in [1.165, 1.54) is 15.9 Å². The molecule has 0 aliphatic carbocycles. The first kappa shape index (κ1) is 17.4. The summed E-state index contributed by atoms with van der Waals surface area (Å²) >= 11 is 0. The van der Waals surface area contributed by atoms with E-state index in [1.54, 1.807) is 0 Å². The normalized spacial score (nSPS) is 11.0. The van der Waals surface area contributed by atoms with Gasteiger partial charge in [-0.15, -0.1) is 0 Å². The molecule has 0 saturated heterocycles. The second-order valence-electron chi connectivity index (χ2n) is 6.13. The summed E-state index contributed by atoms with van der Waals surface area (Å²) in [6.07, 6.45) is 3.16. The molecule has 0 unspecified atom stereocenters. The first-order valence-electron chi connectivity index (χ1n) is 8.76. The predicted molar refractivity (Wildman–Crippen MR) is 111 cm³/mol. The van der Waals surface area contributed by atoms with Crippen molar-refractivity contribution in [3.05, 3.63) is 102 Å². The molecule has 124 valence electrons. The molecule has 0 bridgehead atoms. The highest BCUT2D eigenvalue weighted by atomic mass is 31.2. The molecule has 3 aromatic rings. The average molecular weight is 344 g/mol. The second-order valence-corrected chi connectivity index (χ2v) is 9.74. The van der Waals surface area contributed by atoms with Crippen LogP contribution in [0.4, 0.5) is 0 Å². The Morgan fingerprint density at radius 2 is 1.00 bits per heavy atom.